The Bertz CT molecular complexity index is 950. The van der Waals surface area contributed by atoms with E-state index in [4.69, 9.17) is 16.3 Å². The number of hydrogen-bond acceptors (Lipinski definition) is 7. The molecular formula is C19H18ClN5O2. The third kappa shape index (κ3) is 4.92. The van der Waals surface area contributed by atoms with Crippen LogP contribution in [0, 0.1) is 6.92 Å². The molecule has 7 nitrogen and oxygen atoms in total. The number of ether oxygens (including phenoxy) is 1. The van der Waals surface area contributed by atoms with Gasteiger partial charge in [-0.1, -0.05) is 17.7 Å². The molecule has 138 valence electrons. The number of rotatable bonds is 6. The van der Waals surface area contributed by atoms with Gasteiger partial charge in [0.05, 0.1) is 23.4 Å². The van der Waals surface area contributed by atoms with Crippen LogP contribution >= 0.6 is 11.6 Å². The molecule has 0 radical (unpaired) electrons. The summed E-state index contributed by atoms with van der Waals surface area (Å²) in [6.07, 6.45) is 3.52. The van der Waals surface area contributed by atoms with E-state index in [9.17, 15) is 4.79 Å². The average molecular weight is 384 g/mol. The number of methoxy groups -OCH3 is 1. The Kier molecular flexibility index (Phi) is 5.83. The minimum atomic E-state index is -0.446. The molecule has 0 saturated heterocycles. The zero-order chi connectivity index (χ0) is 19.2. The normalized spacial score (nSPS) is 10.3. The van der Waals surface area contributed by atoms with Gasteiger partial charge in [-0.25, -0.2) is 9.78 Å². The lowest BCUT2D eigenvalue weighted by molar-refractivity contribution is 0.0601. The van der Waals surface area contributed by atoms with Crippen molar-refractivity contribution in [3.63, 3.8) is 0 Å². The SMILES string of the molecule is COC(=O)c1ccc(Cl)c(Nc2nc(C)cc(NCc3cccnc3)n2)c1. The van der Waals surface area contributed by atoms with Crippen LogP contribution in [0.25, 0.3) is 0 Å². The van der Waals surface area contributed by atoms with Crippen LogP contribution in [0.4, 0.5) is 17.5 Å². The van der Waals surface area contributed by atoms with Crippen molar-refractivity contribution in [3.05, 3.63) is 70.6 Å². The summed E-state index contributed by atoms with van der Waals surface area (Å²) in [7, 11) is 1.33. The molecule has 0 aliphatic rings. The fourth-order valence-corrected chi connectivity index (χ4v) is 2.56. The van der Waals surface area contributed by atoms with Crippen molar-refractivity contribution in [2.45, 2.75) is 13.5 Å². The van der Waals surface area contributed by atoms with Gasteiger partial charge in [0.15, 0.2) is 0 Å². The largest absolute Gasteiger partial charge is 0.465 e. The number of aryl methyl sites for hydroxylation is 1. The fourth-order valence-electron chi connectivity index (χ4n) is 2.40. The Morgan fingerprint density at radius 3 is 2.81 bits per heavy atom. The van der Waals surface area contributed by atoms with Crippen LogP contribution in [-0.4, -0.2) is 28.0 Å². The highest BCUT2D eigenvalue weighted by atomic mass is 35.5. The van der Waals surface area contributed by atoms with Crippen molar-refractivity contribution in [1.29, 1.82) is 0 Å². The summed E-state index contributed by atoms with van der Waals surface area (Å²) in [5, 5.41) is 6.74. The molecule has 0 amide bonds. The van der Waals surface area contributed by atoms with Gasteiger partial charge < -0.3 is 15.4 Å². The maximum atomic E-state index is 11.7. The van der Waals surface area contributed by atoms with E-state index in [1.165, 1.54) is 7.11 Å². The molecule has 0 spiro atoms. The molecule has 0 aliphatic carbocycles. The first kappa shape index (κ1) is 18.6. The second kappa shape index (κ2) is 8.46. The molecule has 27 heavy (non-hydrogen) atoms. The molecule has 3 aromatic rings. The summed E-state index contributed by atoms with van der Waals surface area (Å²) in [5.74, 6) is 0.584. The molecule has 0 atom stereocenters. The van der Waals surface area contributed by atoms with Crippen LogP contribution in [0.15, 0.2) is 48.8 Å². The number of nitrogens with one attached hydrogen (secondary N) is 2. The molecule has 2 N–H and O–H groups in total. The van der Waals surface area contributed by atoms with E-state index in [0.29, 0.717) is 34.6 Å². The summed E-state index contributed by atoms with van der Waals surface area (Å²) < 4.78 is 4.74. The predicted molar refractivity (Wildman–Crippen MR) is 104 cm³/mol. The van der Waals surface area contributed by atoms with Crippen molar-refractivity contribution < 1.29 is 9.53 Å². The van der Waals surface area contributed by atoms with Gasteiger partial charge >= 0.3 is 5.97 Å². The minimum absolute atomic E-state index is 0.368. The first-order valence-electron chi connectivity index (χ1n) is 8.18. The second-order valence-electron chi connectivity index (χ2n) is 5.74. The van der Waals surface area contributed by atoms with E-state index >= 15 is 0 Å². The molecule has 8 heteroatoms. The van der Waals surface area contributed by atoms with Crippen LogP contribution in [0.5, 0.6) is 0 Å². The number of anilines is 3. The fraction of sp³-hybridized carbons (Fsp3) is 0.158. The zero-order valence-electron chi connectivity index (χ0n) is 14.9. The van der Waals surface area contributed by atoms with Crippen LogP contribution in [0.3, 0.4) is 0 Å². The first-order valence-corrected chi connectivity index (χ1v) is 8.56. The standard InChI is InChI=1S/C19H18ClN5O2/c1-12-8-17(22-11-13-4-3-7-21-10-13)25-19(23-12)24-16-9-14(18(26)27-2)5-6-15(16)20/h3-10H,11H2,1-2H3,(H2,22,23,24,25). The van der Waals surface area contributed by atoms with Crippen LogP contribution in [0.1, 0.15) is 21.6 Å². The quantitative estimate of drug-likeness (QED) is 0.622. The molecular weight excluding hydrogens is 366 g/mol. The molecule has 0 fully saturated rings. The van der Waals surface area contributed by atoms with E-state index in [1.807, 2.05) is 25.1 Å². The second-order valence-corrected chi connectivity index (χ2v) is 6.15. The molecule has 2 aromatic heterocycles. The summed E-state index contributed by atoms with van der Waals surface area (Å²) in [6.45, 7) is 2.46. The highest BCUT2D eigenvalue weighted by Gasteiger charge is 2.11. The van der Waals surface area contributed by atoms with E-state index in [2.05, 4.69) is 25.6 Å². The van der Waals surface area contributed by atoms with Gasteiger partial charge in [0, 0.05) is 30.7 Å². The van der Waals surface area contributed by atoms with Crippen molar-refractivity contribution in [2.24, 2.45) is 0 Å². The van der Waals surface area contributed by atoms with E-state index < -0.39 is 5.97 Å². The number of carbonyl (C=O) groups excluding carboxylic acids is 1. The molecule has 3 rings (SSSR count). The van der Waals surface area contributed by atoms with Gasteiger partial charge in [0.2, 0.25) is 5.95 Å². The predicted octanol–water partition coefficient (Wildman–Crippen LogP) is 3.98. The Hall–Kier alpha value is -3.19. The Morgan fingerprint density at radius 2 is 2.07 bits per heavy atom. The first-order chi connectivity index (χ1) is 13.0. The molecule has 0 saturated carbocycles. The monoisotopic (exact) mass is 383 g/mol. The van der Waals surface area contributed by atoms with Gasteiger partial charge in [-0.3, -0.25) is 4.98 Å². The number of pyridine rings is 1. The number of benzene rings is 1. The van der Waals surface area contributed by atoms with Crippen LogP contribution in [0.2, 0.25) is 5.02 Å². The Morgan fingerprint density at radius 1 is 1.22 bits per heavy atom. The summed E-state index contributed by atoms with van der Waals surface area (Å²) in [4.78, 5) is 24.6. The van der Waals surface area contributed by atoms with Gasteiger partial charge in [0.25, 0.3) is 0 Å². The number of nitrogens with zero attached hydrogens (tertiary/aromatic N) is 3. The van der Waals surface area contributed by atoms with E-state index in [0.717, 1.165) is 11.3 Å². The van der Waals surface area contributed by atoms with Gasteiger partial charge in [-0.05, 0) is 36.8 Å². The van der Waals surface area contributed by atoms with Crippen molar-refractivity contribution >= 4 is 35.0 Å². The van der Waals surface area contributed by atoms with Gasteiger partial charge in [0.1, 0.15) is 5.82 Å². The zero-order valence-corrected chi connectivity index (χ0v) is 15.6. The number of hydrogen-bond donors (Lipinski definition) is 2. The van der Waals surface area contributed by atoms with Crippen molar-refractivity contribution in [3.8, 4) is 0 Å². The van der Waals surface area contributed by atoms with E-state index in [1.54, 1.807) is 30.6 Å². The van der Waals surface area contributed by atoms with E-state index in [-0.39, 0.29) is 0 Å². The third-order valence-electron chi connectivity index (χ3n) is 3.68. The van der Waals surface area contributed by atoms with Crippen molar-refractivity contribution in [2.75, 3.05) is 17.7 Å². The maximum absolute atomic E-state index is 11.7. The van der Waals surface area contributed by atoms with Crippen LogP contribution in [-0.2, 0) is 11.3 Å². The summed E-state index contributed by atoms with van der Waals surface area (Å²) >= 11 is 6.22. The molecule has 0 aliphatic heterocycles. The van der Waals surface area contributed by atoms with Gasteiger partial charge in [-0.2, -0.15) is 4.98 Å². The van der Waals surface area contributed by atoms with Crippen molar-refractivity contribution in [1.82, 2.24) is 15.0 Å². The average Bonchev–Trinajstić information content (AvgIpc) is 2.68. The smallest absolute Gasteiger partial charge is 0.337 e. The molecule has 0 bridgehead atoms. The third-order valence-corrected chi connectivity index (χ3v) is 4.01. The molecule has 1 aromatic carbocycles. The summed E-state index contributed by atoms with van der Waals surface area (Å²) in [5.41, 5.74) is 2.72. The summed E-state index contributed by atoms with van der Waals surface area (Å²) in [6, 6.07) is 10.5. The number of aromatic nitrogens is 3. The highest BCUT2D eigenvalue weighted by molar-refractivity contribution is 6.33. The Balaban J connectivity index is 1.79. The topological polar surface area (TPSA) is 89.0 Å². The molecule has 2 heterocycles. The number of esters is 1. The minimum Gasteiger partial charge on any atom is -0.465 e. The van der Waals surface area contributed by atoms with Gasteiger partial charge in [-0.15, -0.1) is 0 Å². The molecule has 0 unspecified atom stereocenters. The lowest BCUT2D eigenvalue weighted by atomic mass is 10.2. The Labute approximate surface area is 161 Å². The highest BCUT2D eigenvalue weighted by Crippen LogP contribution is 2.26. The number of carbonyl (C=O) groups is 1. The van der Waals surface area contributed by atoms with Crippen LogP contribution < -0.4 is 10.6 Å². The lowest BCUT2D eigenvalue weighted by Gasteiger charge is -2.11. The maximum Gasteiger partial charge on any atom is 0.337 e. The number of halogens is 1. The lowest BCUT2D eigenvalue weighted by Crippen LogP contribution is -2.07.